The zero-order valence-electron chi connectivity index (χ0n) is 58.6. The molecule has 19 nitrogen and oxygen atoms in total. The van der Waals surface area contributed by atoms with Crippen molar-refractivity contribution in [3.63, 3.8) is 0 Å². The number of nitro groups is 2. The summed E-state index contributed by atoms with van der Waals surface area (Å²) in [5.74, 6) is -0.0109. The first-order chi connectivity index (χ1) is 50.7. The molecule has 4 aliphatic heterocycles. The third-order valence-electron chi connectivity index (χ3n) is 18.9. The summed E-state index contributed by atoms with van der Waals surface area (Å²) in [5, 5.41) is 35.4. The molecule has 0 radical (unpaired) electrons. The van der Waals surface area contributed by atoms with Gasteiger partial charge in [0.1, 0.15) is 0 Å². The number of nitrogen functional groups attached to an aromatic ring is 2. The topological polar surface area (TPSA) is 227 Å². The molecule has 106 heavy (non-hydrogen) atoms. The van der Waals surface area contributed by atoms with Crippen LogP contribution in [0.5, 0.6) is 0 Å². The third-order valence-corrected chi connectivity index (χ3v) is 21.1. The molecule has 12 rings (SSSR count). The smallest absolute Gasteiger partial charge is 0.269 e. The van der Waals surface area contributed by atoms with Gasteiger partial charge in [-0.15, -0.1) is 0 Å². The third kappa shape index (κ3) is 23.8. The predicted molar refractivity (Wildman–Crippen MR) is 420 cm³/mol. The van der Waals surface area contributed by atoms with Crippen LogP contribution < -0.4 is 11.5 Å². The second-order valence-corrected chi connectivity index (χ2v) is 29.4. The molecule has 0 saturated heterocycles. The summed E-state index contributed by atoms with van der Waals surface area (Å²) < 4.78 is 35.1. The van der Waals surface area contributed by atoms with Gasteiger partial charge in [-0.1, -0.05) is 141 Å². The van der Waals surface area contributed by atoms with Crippen molar-refractivity contribution in [2.24, 2.45) is 0 Å². The second-order valence-electron chi connectivity index (χ2n) is 26.0. The molecule has 5 N–H and O–H groups in total. The molecule has 0 fully saturated rings. The predicted octanol–water partition coefficient (Wildman–Crippen LogP) is 16.9. The quantitative estimate of drug-likeness (QED) is 0.0125. The van der Waals surface area contributed by atoms with Gasteiger partial charge in [0.05, 0.1) is 89.1 Å². The fourth-order valence-corrected chi connectivity index (χ4v) is 16.2. The molecular formula is C78H86Cl8FeN8O11. The summed E-state index contributed by atoms with van der Waals surface area (Å²) in [6.45, 7) is 16.3. The van der Waals surface area contributed by atoms with E-state index in [0.29, 0.717) is 159 Å². The Morgan fingerprint density at radius 3 is 0.840 bits per heavy atom. The monoisotopic (exact) mass is 1650 g/mol. The minimum Gasteiger partial charge on any atom is -0.399 e. The summed E-state index contributed by atoms with van der Waals surface area (Å²) in [7, 11) is 0. The Balaban J connectivity index is 0.000000235. The van der Waals surface area contributed by atoms with Gasteiger partial charge >= 0.3 is 0 Å². The number of halogens is 8. The van der Waals surface area contributed by atoms with E-state index in [1.54, 1.807) is 43.3 Å². The summed E-state index contributed by atoms with van der Waals surface area (Å²) in [6, 6.07) is 44.4. The number of hydrogen-bond donors (Lipinski definition) is 3. The maximum atomic E-state index is 11.5. The van der Waals surface area contributed by atoms with Crippen molar-refractivity contribution in [2.45, 2.75) is 56.8 Å². The Morgan fingerprint density at radius 1 is 0.377 bits per heavy atom. The second kappa shape index (κ2) is 42.1. The summed E-state index contributed by atoms with van der Waals surface area (Å²) in [4.78, 5) is 31.3. The van der Waals surface area contributed by atoms with Crippen molar-refractivity contribution >= 4 is 116 Å². The minimum absolute atomic E-state index is 0. The van der Waals surface area contributed by atoms with E-state index in [4.69, 9.17) is 138 Å². The number of hydrogen-bond acceptors (Lipinski definition) is 17. The van der Waals surface area contributed by atoms with E-state index in [-0.39, 0.29) is 68.6 Å². The van der Waals surface area contributed by atoms with Crippen molar-refractivity contribution in [3.05, 3.63) is 273 Å². The van der Waals surface area contributed by atoms with Crippen LogP contribution in [-0.2, 0) is 71.7 Å². The minimum atomic E-state index is -0.387. The molecule has 4 atom stereocenters. The summed E-state index contributed by atoms with van der Waals surface area (Å²) in [5.41, 5.74) is 26.2. The van der Waals surface area contributed by atoms with Crippen LogP contribution in [0.2, 0.25) is 40.2 Å². The zero-order valence-corrected chi connectivity index (χ0v) is 65.7. The number of fused-ring (bicyclic) bond motifs is 4. The number of non-ortho nitro benzene ring substituents is 2. The van der Waals surface area contributed by atoms with Gasteiger partial charge in [0.2, 0.25) is 0 Å². The molecule has 0 aliphatic carbocycles. The van der Waals surface area contributed by atoms with Gasteiger partial charge in [-0.25, -0.2) is 0 Å². The molecule has 4 aliphatic rings. The molecule has 0 spiro atoms. The Hall–Kier alpha value is -5.44. The standard InChI is InChI=1S/C38H38Cl4N4O7.C38H42Cl4N4O3.C2H6O.Fe/c39-27-17-31-33(25-3-1-5-29(15-25)45(47)48)21-43(23-35(31)37(41)19-27)7-9-51-11-13-53-14-12-52-10-8-44-22-34(26-4-2-6-30(16-26)46(49)50)32-18-28(40)20-38(42)36(32)24-44;39-27-17-31-33(25-3-1-5-29(43)15-25)21-45(23-35(31)37(41)19-27)7-9-47-11-13-49-14-12-48-10-8-46-22-34(26-4-2-6-30(44)16-26)32-18-28(40)20-38(42)36(32)24-46;1-2-3;/h1-6,15-20,33-34H,7-14,21-24H2;1-6,15-20,33-34H,7-14,21-24,43-44H2;3H,2H2,1H3;. The Morgan fingerprint density at radius 2 is 0.604 bits per heavy atom. The first kappa shape index (κ1) is 84.6. The molecule has 0 amide bonds. The number of benzene rings is 8. The van der Waals surface area contributed by atoms with Crippen molar-refractivity contribution < 1.29 is 60.4 Å². The first-order valence-corrected chi connectivity index (χ1v) is 37.8. The van der Waals surface area contributed by atoms with Crippen LogP contribution in [0.25, 0.3) is 0 Å². The van der Waals surface area contributed by atoms with E-state index >= 15 is 0 Å². The average molecular weight is 1650 g/mol. The van der Waals surface area contributed by atoms with E-state index in [1.807, 2.05) is 84.9 Å². The largest absolute Gasteiger partial charge is 0.399 e. The number of nitrogens with zero attached hydrogens (tertiary/aromatic N) is 6. The van der Waals surface area contributed by atoms with E-state index in [1.165, 1.54) is 12.1 Å². The van der Waals surface area contributed by atoms with Crippen molar-refractivity contribution in [3.8, 4) is 0 Å². The summed E-state index contributed by atoms with van der Waals surface area (Å²) >= 11 is 52.0. The molecule has 8 aromatic rings. The fourth-order valence-electron chi connectivity index (χ4n) is 13.9. The van der Waals surface area contributed by atoms with Gasteiger partial charge in [0.25, 0.3) is 11.4 Å². The van der Waals surface area contributed by atoms with E-state index in [2.05, 4.69) is 31.7 Å². The van der Waals surface area contributed by atoms with Crippen LogP contribution in [0.1, 0.15) is 97.4 Å². The molecule has 28 heteroatoms. The maximum absolute atomic E-state index is 11.5. The van der Waals surface area contributed by atoms with Gasteiger partial charge in [0.15, 0.2) is 0 Å². The number of aliphatic hydroxyl groups excluding tert-OH is 1. The molecule has 0 saturated carbocycles. The number of nitrogens with two attached hydrogens (primary N) is 2. The van der Waals surface area contributed by atoms with Crippen molar-refractivity contribution in [2.75, 3.05) is 150 Å². The molecule has 4 heterocycles. The molecular weight excluding hydrogens is 1560 g/mol. The number of aliphatic hydroxyl groups is 1. The average Bonchev–Trinajstić information content (AvgIpc) is 0.797. The van der Waals surface area contributed by atoms with E-state index in [0.717, 1.165) is 117 Å². The molecule has 0 aromatic heterocycles. The van der Waals surface area contributed by atoms with Crippen LogP contribution in [0.3, 0.4) is 0 Å². The van der Waals surface area contributed by atoms with Crippen molar-refractivity contribution in [1.82, 2.24) is 19.6 Å². The molecule has 8 aromatic carbocycles. The number of nitro benzene ring substituents is 2. The maximum Gasteiger partial charge on any atom is 0.269 e. The SMILES string of the molecule is CCO.Nc1cccc(C2CN(CCOCCOCCOCCN3Cc4c(Cl)cc(Cl)cc4C(c4cccc(N)c4)C3)Cc3c(Cl)cc(Cl)cc32)c1.O=[N+]([O-])c1cccc(C2CN(CCOCCOCCOCCN3Cc4c(Cl)cc(Cl)cc4C(c4cccc([N+](=O)[O-])c4)C3)Cc3c(Cl)cc(Cl)cc32)c1.[Fe]. The zero-order chi connectivity index (χ0) is 74.5. The fraction of sp³-hybridized carbons (Fsp3) is 0.385. The molecule has 0 bridgehead atoms. The Labute approximate surface area is 669 Å². The van der Waals surface area contributed by atoms with Crippen LogP contribution in [-0.4, -0.2) is 173 Å². The van der Waals surface area contributed by atoms with Crippen LogP contribution in [0.15, 0.2) is 146 Å². The van der Waals surface area contributed by atoms with Crippen LogP contribution in [0.4, 0.5) is 22.7 Å². The number of anilines is 2. The summed E-state index contributed by atoms with van der Waals surface area (Å²) in [6.07, 6.45) is 0. The number of ether oxygens (including phenoxy) is 6. The van der Waals surface area contributed by atoms with Crippen LogP contribution >= 0.6 is 92.8 Å². The first-order valence-electron chi connectivity index (χ1n) is 34.8. The van der Waals surface area contributed by atoms with Gasteiger partial charge in [0, 0.05) is 202 Å². The molecule has 4 unspecified atom stereocenters. The molecule has 568 valence electrons. The van der Waals surface area contributed by atoms with Crippen LogP contribution in [0, 0.1) is 20.2 Å². The van der Waals surface area contributed by atoms with Gasteiger partial charge in [-0.05, 0) is 146 Å². The van der Waals surface area contributed by atoms with E-state index < -0.39 is 0 Å². The Bertz CT molecular complexity index is 3990. The van der Waals surface area contributed by atoms with Gasteiger partial charge in [-0.3, -0.25) is 39.8 Å². The normalized spacial score (nSPS) is 17.2. The number of rotatable bonds is 30. The van der Waals surface area contributed by atoms with Crippen molar-refractivity contribution in [1.29, 1.82) is 0 Å². The van der Waals surface area contributed by atoms with Gasteiger partial charge in [-0.2, -0.15) is 0 Å². The van der Waals surface area contributed by atoms with E-state index in [9.17, 15) is 20.2 Å². The Kier molecular flexibility index (Phi) is 33.6. The van der Waals surface area contributed by atoms with Gasteiger partial charge < -0.3 is 45.0 Å².